The molecule has 1 fully saturated rings. The third-order valence-corrected chi connectivity index (χ3v) is 4.46. The van der Waals surface area contributed by atoms with Gasteiger partial charge in [-0.05, 0) is 54.9 Å². The van der Waals surface area contributed by atoms with E-state index in [-0.39, 0.29) is 34.2 Å². The van der Waals surface area contributed by atoms with Crippen molar-refractivity contribution in [1.29, 1.82) is 0 Å². The molecule has 2 amide bonds. The minimum absolute atomic E-state index is 0.0809. The van der Waals surface area contributed by atoms with Crippen LogP contribution < -0.4 is 10.6 Å². The van der Waals surface area contributed by atoms with Crippen molar-refractivity contribution >= 4 is 29.3 Å². The van der Waals surface area contributed by atoms with E-state index in [4.69, 9.17) is 0 Å². The number of thioether (sulfide) groups is 1. The number of halogens is 3. The van der Waals surface area contributed by atoms with Gasteiger partial charge in [0.1, 0.15) is 0 Å². The first-order valence-corrected chi connectivity index (χ1v) is 8.70. The van der Waals surface area contributed by atoms with Crippen LogP contribution in [0, 0.1) is 0 Å². The highest BCUT2D eigenvalue weighted by molar-refractivity contribution is 8.00. The van der Waals surface area contributed by atoms with Crippen LogP contribution in [0.15, 0.2) is 53.4 Å². The fraction of sp³-hybridized carbons (Fsp3) is 0.222. The van der Waals surface area contributed by atoms with Crippen molar-refractivity contribution in [2.45, 2.75) is 29.3 Å². The molecule has 26 heavy (non-hydrogen) atoms. The molecule has 1 aliphatic rings. The second-order valence-corrected chi connectivity index (χ2v) is 6.93. The van der Waals surface area contributed by atoms with Gasteiger partial charge < -0.3 is 10.6 Å². The van der Waals surface area contributed by atoms with Crippen molar-refractivity contribution in [1.82, 2.24) is 5.32 Å². The zero-order chi connectivity index (χ0) is 18.7. The van der Waals surface area contributed by atoms with Crippen LogP contribution in [0.3, 0.4) is 0 Å². The third kappa shape index (κ3) is 5.01. The van der Waals surface area contributed by atoms with Crippen molar-refractivity contribution in [3.8, 4) is 0 Å². The van der Waals surface area contributed by atoms with Crippen LogP contribution in [0.25, 0.3) is 0 Å². The summed E-state index contributed by atoms with van der Waals surface area (Å²) in [6.07, 6.45) is 1.91. The lowest BCUT2D eigenvalue weighted by Gasteiger charge is -2.12. The van der Waals surface area contributed by atoms with Crippen molar-refractivity contribution in [3.05, 3.63) is 59.7 Å². The third-order valence-electron chi connectivity index (χ3n) is 3.65. The molecule has 0 atom stereocenters. The van der Waals surface area contributed by atoms with E-state index in [0.29, 0.717) is 11.3 Å². The number of carbonyl (C=O) groups excluding carboxylic acids is 2. The molecule has 8 heteroatoms. The highest BCUT2D eigenvalue weighted by atomic mass is 32.2. The molecule has 0 aliphatic heterocycles. The largest absolute Gasteiger partial charge is 0.446 e. The zero-order valence-corrected chi connectivity index (χ0v) is 14.3. The molecule has 2 aromatic carbocycles. The van der Waals surface area contributed by atoms with Crippen LogP contribution in [0.2, 0.25) is 0 Å². The Bertz CT molecular complexity index is 835. The number of hydrogen-bond donors (Lipinski definition) is 2. The van der Waals surface area contributed by atoms with E-state index < -0.39 is 11.4 Å². The minimum Gasteiger partial charge on any atom is -0.349 e. The van der Waals surface area contributed by atoms with Gasteiger partial charge in [0.05, 0.1) is 5.56 Å². The summed E-state index contributed by atoms with van der Waals surface area (Å²) < 4.78 is 37.9. The van der Waals surface area contributed by atoms with Gasteiger partial charge in [-0.3, -0.25) is 9.59 Å². The molecule has 4 nitrogen and oxygen atoms in total. The molecular weight excluding hydrogens is 365 g/mol. The Morgan fingerprint density at radius 3 is 2.42 bits per heavy atom. The number of rotatable bonds is 5. The summed E-state index contributed by atoms with van der Waals surface area (Å²) in [7, 11) is 0. The average molecular weight is 380 g/mol. The van der Waals surface area contributed by atoms with E-state index in [1.54, 1.807) is 18.2 Å². The molecule has 0 spiro atoms. The Balaban J connectivity index is 1.75. The van der Waals surface area contributed by atoms with Gasteiger partial charge >= 0.3 is 5.51 Å². The molecule has 2 N–H and O–H groups in total. The number of alkyl halides is 3. The number of nitrogens with one attached hydrogen (secondary N) is 2. The summed E-state index contributed by atoms with van der Waals surface area (Å²) in [5, 5.41) is 5.39. The van der Waals surface area contributed by atoms with Crippen LogP contribution in [0.4, 0.5) is 18.9 Å². The Hall–Kier alpha value is -2.48. The molecule has 0 radical (unpaired) electrons. The molecule has 2 aromatic rings. The summed E-state index contributed by atoms with van der Waals surface area (Å²) in [5.74, 6) is -0.909. The molecule has 0 unspecified atom stereocenters. The predicted molar refractivity (Wildman–Crippen MR) is 93.2 cm³/mol. The summed E-state index contributed by atoms with van der Waals surface area (Å²) in [5.41, 5.74) is -3.85. The number of carbonyl (C=O) groups is 2. The van der Waals surface area contributed by atoms with Gasteiger partial charge in [-0.25, -0.2) is 0 Å². The van der Waals surface area contributed by atoms with Gasteiger partial charge in [-0.2, -0.15) is 13.2 Å². The lowest BCUT2D eigenvalue weighted by Crippen LogP contribution is -2.25. The normalized spacial score (nSPS) is 14.0. The summed E-state index contributed by atoms with van der Waals surface area (Å²) in [6.45, 7) is 0. The Morgan fingerprint density at radius 1 is 1.00 bits per heavy atom. The maximum absolute atomic E-state index is 12.6. The van der Waals surface area contributed by atoms with Gasteiger partial charge in [0.25, 0.3) is 11.8 Å². The Morgan fingerprint density at radius 2 is 1.73 bits per heavy atom. The topological polar surface area (TPSA) is 58.2 Å². The quantitative estimate of drug-likeness (QED) is 0.754. The van der Waals surface area contributed by atoms with Gasteiger partial charge in [-0.1, -0.05) is 18.2 Å². The van der Waals surface area contributed by atoms with Crippen molar-refractivity contribution < 1.29 is 22.8 Å². The molecule has 3 rings (SSSR count). The minimum atomic E-state index is -4.49. The van der Waals surface area contributed by atoms with E-state index in [2.05, 4.69) is 10.6 Å². The SMILES string of the molecule is O=C(NC1CC1)c1cccc(NC(=O)c2ccccc2SC(F)(F)F)c1. The smallest absolute Gasteiger partial charge is 0.349 e. The van der Waals surface area contributed by atoms with Crippen LogP contribution in [0.5, 0.6) is 0 Å². The van der Waals surface area contributed by atoms with Gasteiger partial charge in [0.15, 0.2) is 0 Å². The predicted octanol–water partition coefficient (Wildman–Crippen LogP) is 4.44. The lowest BCUT2D eigenvalue weighted by atomic mass is 10.1. The van der Waals surface area contributed by atoms with Gasteiger partial charge in [-0.15, -0.1) is 0 Å². The molecule has 0 heterocycles. The van der Waals surface area contributed by atoms with Crippen molar-refractivity contribution in [2.24, 2.45) is 0 Å². The fourth-order valence-electron chi connectivity index (χ4n) is 2.30. The van der Waals surface area contributed by atoms with Crippen molar-refractivity contribution in [3.63, 3.8) is 0 Å². The molecule has 136 valence electrons. The molecule has 1 aliphatic carbocycles. The highest BCUT2D eigenvalue weighted by Gasteiger charge is 2.31. The van der Waals surface area contributed by atoms with E-state index in [0.717, 1.165) is 12.8 Å². The first-order valence-electron chi connectivity index (χ1n) is 7.89. The van der Waals surface area contributed by atoms with Gasteiger partial charge in [0.2, 0.25) is 0 Å². The van der Waals surface area contributed by atoms with E-state index >= 15 is 0 Å². The first kappa shape index (κ1) is 18.3. The van der Waals surface area contributed by atoms with Crippen LogP contribution in [-0.2, 0) is 0 Å². The summed E-state index contributed by atoms with van der Waals surface area (Å²) in [4.78, 5) is 24.3. The molecule has 0 bridgehead atoms. The van der Waals surface area contributed by atoms with E-state index in [1.165, 1.54) is 30.3 Å². The average Bonchev–Trinajstić information content (AvgIpc) is 3.38. The highest BCUT2D eigenvalue weighted by Crippen LogP contribution is 2.38. The second-order valence-electron chi connectivity index (χ2n) is 5.83. The summed E-state index contributed by atoms with van der Waals surface area (Å²) in [6, 6.07) is 12.0. The number of hydrogen-bond acceptors (Lipinski definition) is 3. The van der Waals surface area contributed by atoms with Crippen LogP contribution in [-0.4, -0.2) is 23.4 Å². The second kappa shape index (κ2) is 7.41. The van der Waals surface area contributed by atoms with Crippen LogP contribution in [0.1, 0.15) is 33.6 Å². The number of benzene rings is 2. The number of amides is 2. The fourth-order valence-corrected chi connectivity index (χ4v) is 2.97. The monoisotopic (exact) mass is 380 g/mol. The Kier molecular flexibility index (Phi) is 5.22. The van der Waals surface area contributed by atoms with Crippen molar-refractivity contribution in [2.75, 3.05) is 5.32 Å². The molecule has 1 saturated carbocycles. The van der Waals surface area contributed by atoms with E-state index in [1.807, 2.05) is 0 Å². The van der Waals surface area contributed by atoms with Crippen LogP contribution >= 0.6 is 11.8 Å². The lowest BCUT2D eigenvalue weighted by molar-refractivity contribution is -0.0328. The summed E-state index contributed by atoms with van der Waals surface area (Å²) >= 11 is -0.337. The zero-order valence-electron chi connectivity index (χ0n) is 13.5. The standard InChI is InChI=1S/C18H15F3N2O2S/c19-18(20,21)26-15-7-2-1-6-14(15)17(25)23-13-5-3-4-11(10-13)16(24)22-12-8-9-12/h1-7,10,12H,8-9H2,(H,22,24)(H,23,25). The maximum Gasteiger partial charge on any atom is 0.446 e. The molecular formula is C18H15F3N2O2S. The first-order chi connectivity index (χ1) is 12.3. The number of anilines is 1. The molecule has 0 aromatic heterocycles. The van der Waals surface area contributed by atoms with Gasteiger partial charge in [0, 0.05) is 22.2 Å². The molecule has 0 saturated heterocycles. The van der Waals surface area contributed by atoms with E-state index in [9.17, 15) is 22.8 Å². The maximum atomic E-state index is 12.6. The Labute approximate surface area is 152 Å².